The summed E-state index contributed by atoms with van der Waals surface area (Å²) in [5.74, 6) is -0.316. The number of amides is 1. The molecule has 0 atom stereocenters. The highest BCUT2D eigenvalue weighted by atomic mass is 32.2. The molecule has 9 nitrogen and oxygen atoms in total. The van der Waals surface area contributed by atoms with Gasteiger partial charge >= 0.3 is 0 Å². The minimum atomic E-state index is -3.58. The summed E-state index contributed by atoms with van der Waals surface area (Å²) in [6.45, 7) is 4.75. The number of nitro groups is 1. The Morgan fingerprint density at radius 2 is 1.94 bits per heavy atom. The summed E-state index contributed by atoms with van der Waals surface area (Å²) in [5.41, 5.74) is 1.89. The normalized spacial score (nSPS) is 13.7. The largest absolute Gasteiger partial charge is 0.345 e. The van der Waals surface area contributed by atoms with E-state index in [1.807, 2.05) is 0 Å². The molecule has 0 aliphatic carbocycles. The monoisotopic (exact) mass is 442 g/mol. The van der Waals surface area contributed by atoms with Crippen molar-refractivity contribution in [1.29, 1.82) is 0 Å². The fraction of sp³-hybridized carbons (Fsp3) is 0.286. The topological polar surface area (TPSA) is 117 Å². The molecular formula is C21H22N4O5S. The van der Waals surface area contributed by atoms with Crippen molar-refractivity contribution in [2.45, 2.75) is 25.2 Å². The smallest absolute Gasteiger partial charge is 0.293 e. The third-order valence-corrected chi connectivity index (χ3v) is 7.64. The van der Waals surface area contributed by atoms with Crippen LogP contribution in [-0.4, -0.2) is 48.2 Å². The molecule has 0 radical (unpaired) electrons. The van der Waals surface area contributed by atoms with Crippen LogP contribution in [0, 0.1) is 10.1 Å². The van der Waals surface area contributed by atoms with Crippen LogP contribution < -0.4 is 4.90 Å². The second kappa shape index (κ2) is 7.78. The van der Waals surface area contributed by atoms with Crippen molar-refractivity contribution in [3.63, 3.8) is 0 Å². The molecule has 4 rings (SSSR count). The number of para-hydroxylation sites is 1. The van der Waals surface area contributed by atoms with Crippen molar-refractivity contribution in [1.82, 2.24) is 9.29 Å². The number of carbonyl (C=O) groups excluding carboxylic acids is 1. The Kier molecular flexibility index (Phi) is 5.28. The summed E-state index contributed by atoms with van der Waals surface area (Å²) in [4.78, 5) is 28.6. The predicted octanol–water partition coefficient (Wildman–Crippen LogP) is 3.31. The molecule has 10 heteroatoms. The number of sulfonamides is 1. The zero-order valence-corrected chi connectivity index (χ0v) is 18.0. The van der Waals surface area contributed by atoms with Crippen LogP contribution in [0.1, 0.15) is 29.9 Å². The number of nitro benzene ring substituents is 1. The first-order valence-electron chi connectivity index (χ1n) is 9.99. The summed E-state index contributed by atoms with van der Waals surface area (Å²) in [6, 6.07) is 11.1. The number of hydrogen-bond donors (Lipinski definition) is 1. The van der Waals surface area contributed by atoms with Gasteiger partial charge in [-0.1, -0.05) is 26.0 Å². The highest BCUT2D eigenvalue weighted by Gasteiger charge is 2.30. The van der Waals surface area contributed by atoms with Crippen molar-refractivity contribution < 1.29 is 18.1 Å². The number of nitrogens with zero attached hydrogens (tertiary/aromatic N) is 3. The van der Waals surface area contributed by atoms with Gasteiger partial charge < -0.3 is 9.88 Å². The molecule has 1 aliphatic heterocycles. The molecule has 0 saturated carbocycles. The van der Waals surface area contributed by atoms with Crippen LogP contribution in [0.2, 0.25) is 0 Å². The van der Waals surface area contributed by atoms with E-state index in [0.29, 0.717) is 42.6 Å². The third kappa shape index (κ3) is 3.47. The van der Waals surface area contributed by atoms with Crippen LogP contribution in [0.3, 0.4) is 0 Å². The summed E-state index contributed by atoms with van der Waals surface area (Å²) in [5, 5.41) is 11.8. The Morgan fingerprint density at radius 3 is 2.61 bits per heavy atom. The van der Waals surface area contributed by atoms with Gasteiger partial charge in [0.05, 0.1) is 9.82 Å². The van der Waals surface area contributed by atoms with Gasteiger partial charge in [-0.2, -0.15) is 4.31 Å². The number of H-pyrrole nitrogens is 1. The highest BCUT2D eigenvalue weighted by molar-refractivity contribution is 7.89. The Hall–Kier alpha value is -3.24. The maximum atomic E-state index is 13.1. The first kappa shape index (κ1) is 21.0. The van der Waals surface area contributed by atoms with Gasteiger partial charge in [-0.25, -0.2) is 8.42 Å². The first-order chi connectivity index (χ1) is 14.8. The van der Waals surface area contributed by atoms with Gasteiger partial charge in [0.1, 0.15) is 11.2 Å². The minimum absolute atomic E-state index is 0.0929. The molecule has 2 heterocycles. The van der Waals surface area contributed by atoms with Crippen LogP contribution >= 0.6 is 0 Å². The van der Waals surface area contributed by atoms with E-state index in [2.05, 4.69) is 4.98 Å². The van der Waals surface area contributed by atoms with E-state index >= 15 is 0 Å². The van der Waals surface area contributed by atoms with E-state index in [1.165, 1.54) is 16.4 Å². The molecule has 1 aliphatic rings. The lowest BCUT2D eigenvalue weighted by Crippen LogP contribution is -2.31. The number of aromatic nitrogens is 1. The van der Waals surface area contributed by atoms with E-state index in [0.717, 1.165) is 5.56 Å². The second-order valence-electron chi connectivity index (χ2n) is 7.27. The van der Waals surface area contributed by atoms with E-state index in [1.54, 1.807) is 49.1 Å². The van der Waals surface area contributed by atoms with Gasteiger partial charge in [0, 0.05) is 36.8 Å². The van der Waals surface area contributed by atoms with E-state index in [-0.39, 0.29) is 22.2 Å². The third-order valence-electron chi connectivity index (χ3n) is 5.60. The van der Waals surface area contributed by atoms with Crippen LogP contribution in [0.25, 0.3) is 10.9 Å². The standard InChI is InChI=1S/C21H22N4O5S/c1-3-23(4-2)31(29,30)16-8-9-18-14(12-16)10-11-24(18)21(26)17-13-15-6-5-7-19(25(27)28)20(15)22-17/h5-9,12-13,22H,3-4,10-11H2,1-2H3. The number of fused-ring (bicyclic) bond motifs is 2. The van der Waals surface area contributed by atoms with Crippen LogP contribution in [0.5, 0.6) is 0 Å². The molecule has 0 fully saturated rings. The molecule has 31 heavy (non-hydrogen) atoms. The Balaban J connectivity index is 1.67. The number of anilines is 1. The summed E-state index contributed by atoms with van der Waals surface area (Å²) in [6.07, 6.45) is 0.531. The maximum Gasteiger partial charge on any atom is 0.293 e. The molecule has 162 valence electrons. The quantitative estimate of drug-likeness (QED) is 0.464. The number of benzene rings is 2. The molecule has 0 unspecified atom stereocenters. The Labute approximate surface area is 179 Å². The number of hydrogen-bond acceptors (Lipinski definition) is 5. The van der Waals surface area contributed by atoms with Gasteiger partial charge in [-0.05, 0) is 36.2 Å². The molecule has 0 bridgehead atoms. The molecule has 0 saturated heterocycles. The van der Waals surface area contributed by atoms with Gasteiger partial charge in [0.2, 0.25) is 10.0 Å². The average molecular weight is 442 g/mol. The molecule has 3 aromatic rings. The number of rotatable bonds is 6. The molecular weight excluding hydrogens is 420 g/mol. The van der Waals surface area contributed by atoms with Crippen molar-refractivity contribution in [3.05, 3.63) is 63.8 Å². The summed E-state index contributed by atoms with van der Waals surface area (Å²) >= 11 is 0. The Bertz CT molecular complexity index is 1290. The van der Waals surface area contributed by atoms with Crippen LogP contribution in [0.15, 0.2) is 47.4 Å². The SMILES string of the molecule is CCN(CC)S(=O)(=O)c1ccc2c(c1)CCN2C(=O)c1cc2cccc([N+](=O)[O-])c2[nH]1. The van der Waals surface area contributed by atoms with Gasteiger partial charge in [0.25, 0.3) is 11.6 Å². The highest BCUT2D eigenvalue weighted by Crippen LogP contribution is 2.33. The minimum Gasteiger partial charge on any atom is -0.345 e. The predicted molar refractivity (Wildman–Crippen MR) is 117 cm³/mol. The van der Waals surface area contributed by atoms with E-state index in [9.17, 15) is 23.3 Å². The van der Waals surface area contributed by atoms with E-state index in [4.69, 9.17) is 0 Å². The number of nitrogens with one attached hydrogen (secondary N) is 1. The van der Waals surface area contributed by atoms with Crippen molar-refractivity contribution in [2.24, 2.45) is 0 Å². The summed E-state index contributed by atoms with van der Waals surface area (Å²) in [7, 11) is -3.58. The van der Waals surface area contributed by atoms with Crippen LogP contribution in [0.4, 0.5) is 11.4 Å². The lowest BCUT2D eigenvalue weighted by molar-refractivity contribution is -0.383. The fourth-order valence-electron chi connectivity index (χ4n) is 4.02. The maximum absolute atomic E-state index is 13.1. The van der Waals surface area contributed by atoms with Crippen molar-refractivity contribution >= 4 is 38.2 Å². The molecule has 1 aromatic heterocycles. The van der Waals surface area contributed by atoms with Crippen molar-refractivity contribution in [3.8, 4) is 0 Å². The average Bonchev–Trinajstić information content (AvgIpc) is 3.37. The van der Waals surface area contributed by atoms with Gasteiger partial charge in [0.15, 0.2) is 0 Å². The zero-order chi connectivity index (χ0) is 22.3. The number of non-ortho nitro benzene ring substituents is 1. The second-order valence-corrected chi connectivity index (χ2v) is 9.21. The number of aromatic amines is 1. The molecule has 1 amide bonds. The number of carbonyl (C=O) groups is 1. The lowest BCUT2D eigenvalue weighted by Gasteiger charge is -2.20. The fourth-order valence-corrected chi connectivity index (χ4v) is 5.52. The van der Waals surface area contributed by atoms with Gasteiger partial charge in [-0.15, -0.1) is 0 Å². The van der Waals surface area contributed by atoms with Crippen molar-refractivity contribution in [2.75, 3.05) is 24.5 Å². The zero-order valence-electron chi connectivity index (χ0n) is 17.2. The van der Waals surface area contributed by atoms with E-state index < -0.39 is 14.9 Å². The van der Waals surface area contributed by atoms with Crippen LogP contribution in [-0.2, 0) is 16.4 Å². The lowest BCUT2D eigenvalue weighted by atomic mass is 10.2. The molecule has 2 aromatic carbocycles. The molecule has 0 spiro atoms. The summed E-state index contributed by atoms with van der Waals surface area (Å²) < 4.78 is 27.0. The Morgan fingerprint density at radius 1 is 1.19 bits per heavy atom. The molecule has 1 N–H and O–H groups in total. The van der Waals surface area contributed by atoms with Gasteiger partial charge in [-0.3, -0.25) is 14.9 Å². The first-order valence-corrected chi connectivity index (χ1v) is 11.4.